The van der Waals surface area contributed by atoms with Crippen LogP contribution in [0.3, 0.4) is 0 Å². The normalized spacial score (nSPS) is 22.1. The summed E-state index contributed by atoms with van der Waals surface area (Å²) >= 11 is 6.16. The van der Waals surface area contributed by atoms with E-state index in [1.165, 1.54) is 0 Å². The third kappa shape index (κ3) is 2.61. The number of ether oxygens (including phenoxy) is 1. The predicted octanol–water partition coefficient (Wildman–Crippen LogP) is 3.73. The van der Waals surface area contributed by atoms with Gasteiger partial charge in [-0.2, -0.15) is 0 Å². The van der Waals surface area contributed by atoms with Crippen LogP contribution in [0.5, 0.6) is 0 Å². The Labute approximate surface area is 153 Å². The number of hydrogen-bond acceptors (Lipinski definition) is 4. The molecule has 2 aliphatic rings. The summed E-state index contributed by atoms with van der Waals surface area (Å²) in [5.41, 5.74) is 0.815. The fourth-order valence-corrected chi connectivity index (χ4v) is 6.03. The molecule has 4 nitrogen and oxygen atoms in total. The SMILES string of the molecule is Cc1c(Cl)cccc1S(=O)(=O)[C@H]1OC2(CCNCC2)c2ccccc21. The first-order chi connectivity index (χ1) is 12.0. The second-order valence-electron chi connectivity index (χ2n) is 6.69. The molecule has 0 radical (unpaired) electrons. The fourth-order valence-electron chi connectivity index (χ4n) is 3.91. The van der Waals surface area contributed by atoms with Gasteiger partial charge in [-0.1, -0.05) is 41.9 Å². The molecule has 0 amide bonds. The Morgan fingerprint density at radius 3 is 2.60 bits per heavy atom. The van der Waals surface area contributed by atoms with Crippen molar-refractivity contribution in [1.29, 1.82) is 0 Å². The molecule has 2 aromatic carbocycles. The minimum Gasteiger partial charge on any atom is -0.346 e. The highest BCUT2D eigenvalue weighted by atomic mass is 35.5. The van der Waals surface area contributed by atoms with Crippen molar-refractivity contribution in [2.75, 3.05) is 13.1 Å². The highest BCUT2D eigenvalue weighted by molar-refractivity contribution is 7.91. The lowest BCUT2D eigenvalue weighted by Gasteiger charge is -2.34. The van der Waals surface area contributed by atoms with Crippen molar-refractivity contribution in [3.8, 4) is 0 Å². The summed E-state index contributed by atoms with van der Waals surface area (Å²) in [6.07, 6.45) is 1.54. The molecule has 0 saturated carbocycles. The van der Waals surface area contributed by atoms with E-state index in [-0.39, 0.29) is 4.90 Å². The molecular formula is C19H20ClNO3S. The van der Waals surface area contributed by atoms with Gasteiger partial charge in [0.05, 0.1) is 10.5 Å². The summed E-state index contributed by atoms with van der Waals surface area (Å²) < 4.78 is 33.1. The summed E-state index contributed by atoms with van der Waals surface area (Å²) in [6, 6.07) is 12.7. The summed E-state index contributed by atoms with van der Waals surface area (Å²) in [7, 11) is -3.71. The molecule has 6 heteroatoms. The van der Waals surface area contributed by atoms with Gasteiger partial charge in [-0.25, -0.2) is 8.42 Å². The predicted molar refractivity (Wildman–Crippen MR) is 97.4 cm³/mol. The Hall–Kier alpha value is -1.40. The largest absolute Gasteiger partial charge is 0.346 e. The second kappa shape index (κ2) is 6.09. The molecule has 0 unspecified atom stereocenters. The first-order valence-electron chi connectivity index (χ1n) is 8.43. The standard InChI is InChI=1S/C19H20ClNO3S/c1-13-16(20)7-4-8-17(13)25(22,23)18-14-5-2-3-6-15(14)19(24-18)9-11-21-12-10-19/h2-8,18,21H,9-12H2,1H3/t18-/m1/s1. The number of sulfone groups is 1. The summed E-state index contributed by atoms with van der Waals surface area (Å²) in [5, 5.41) is 3.77. The van der Waals surface area contributed by atoms with Gasteiger partial charge in [-0.15, -0.1) is 0 Å². The first kappa shape index (κ1) is 17.0. The molecule has 2 aromatic rings. The summed E-state index contributed by atoms with van der Waals surface area (Å²) in [6.45, 7) is 3.37. The van der Waals surface area contributed by atoms with Crippen molar-refractivity contribution in [2.24, 2.45) is 0 Å². The lowest BCUT2D eigenvalue weighted by molar-refractivity contribution is -0.0659. The Kier molecular flexibility index (Phi) is 4.15. The molecule has 1 N–H and O–H groups in total. The summed E-state index contributed by atoms with van der Waals surface area (Å²) in [4.78, 5) is 0.241. The van der Waals surface area contributed by atoms with Crippen molar-refractivity contribution < 1.29 is 13.2 Å². The molecule has 0 aliphatic carbocycles. The van der Waals surface area contributed by atoms with Crippen LogP contribution in [0.4, 0.5) is 0 Å². The van der Waals surface area contributed by atoms with E-state index in [4.69, 9.17) is 16.3 Å². The minimum absolute atomic E-state index is 0.241. The van der Waals surface area contributed by atoms with Gasteiger partial charge in [0.15, 0.2) is 5.44 Å². The fraction of sp³-hybridized carbons (Fsp3) is 0.368. The van der Waals surface area contributed by atoms with Crippen LogP contribution in [0.25, 0.3) is 0 Å². The molecule has 25 heavy (non-hydrogen) atoms. The third-order valence-electron chi connectivity index (χ3n) is 5.26. The van der Waals surface area contributed by atoms with E-state index in [1.807, 2.05) is 24.3 Å². The molecule has 2 aliphatic heterocycles. The Balaban J connectivity index is 1.85. The number of halogens is 1. The Morgan fingerprint density at radius 2 is 1.84 bits per heavy atom. The monoisotopic (exact) mass is 377 g/mol. The molecule has 132 valence electrons. The molecule has 0 bridgehead atoms. The van der Waals surface area contributed by atoms with Gasteiger partial charge >= 0.3 is 0 Å². The van der Waals surface area contributed by atoms with Crippen LogP contribution in [0.1, 0.15) is 35.0 Å². The van der Waals surface area contributed by atoms with Gasteiger partial charge in [0.2, 0.25) is 9.84 Å². The van der Waals surface area contributed by atoms with Crippen LogP contribution in [0, 0.1) is 6.92 Å². The minimum atomic E-state index is -3.71. The highest BCUT2D eigenvalue weighted by Crippen LogP contribution is 2.51. The second-order valence-corrected chi connectivity index (χ2v) is 9.05. The molecule has 1 atom stereocenters. The van der Waals surface area contributed by atoms with E-state index in [9.17, 15) is 8.42 Å². The Morgan fingerprint density at radius 1 is 1.12 bits per heavy atom. The maximum Gasteiger partial charge on any atom is 0.209 e. The van der Waals surface area contributed by atoms with Crippen LogP contribution < -0.4 is 5.32 Å². The van der Waals surface area contributed by atoms with Crippen LogP contribution in [-0.2, 0) is 20.2 Å². The van der Waals surface area contributed by atoms with E-state index in [0.717, 1.165) is 37.1 Å². The topological polar surface area (TPSA) is 55.4 Å². The smallest absolute Gasteiger partial charge is 0.209 e. The van der Waals surface area contributed by atoms with Crippen LogP contribution in [0.15, 0.2) is 47.4 Å². The number of piperidine rings is 1. The maximum atomic E-state index is 13.4. The lowest BCUT2D eigenvalue weighted by Crippen LogP contribution is -2.40. The third-order valence-corrected chi connectivity index (χ3v) is 7.63. The van der Waals surface area contributed by atoms with Gasteiger partial charge in [0, 0.05) is 10.6 Å². The number of rotatable bonds is 2. The van der Waals surface area contributed by atoms with Crippen molar-refractivity contribution in [3.05, 3.63) is 64.2 Å². The number of hydrogen-bond donors (Lipinski definition) is 1. The highest BCUT2D eigenvalue weighted by Gasteiger charge is 2.50. The molecule has 1 fully saturated rings. The zero-order valence-electron chi connectivity index (χ0n) is 14.0. The van der Waals surface area contributed by atoms with Gasteiger partial charge < -0.3 is 10.1 Å². The molecule has 1 saturated heterocycles. The number of benzene rings is 2. The zero-order chi connectivity index (χ0) is 17.7. The average molecular weight is 378 g/mol. The van der Waals surface area contributed by atoms with E-state index in [2.05, 4.69) is 5.32 Å². The average Bonchev–Trinajstić information content (AvgIpc) is 2.93. The van der Waals surface area contributed by atoms with E-state index < -0.39 is 20.9 Å². The maximum absolute atomic E-state index is 13.4. The lowest BCUT2D eigenvalue weighted by atomic mass is 9.84. The van der Waals surface area contributed by atoms with Gasteiger partial charge in [-0.05, 0) is 56.1 Å². The summed E-state index contributed by atoms with van der Waals surface area (Å²) in [5.74, 6) is 0. The number of fused-ring (bicyclic) bond motifs is 2. The van der Waals surface area contributed by atoms with Crippen molar-refractivity contribution >= 4 is 21.4 Å². The van der Waals surface area contributed by atoms with E-state index in [0.29, 0.717) is 10.6 Å². The number of nitrogens with one attached hydrogen (secondary N) is 1. The van der Waals surface area contributed by atoms with Gasteiger partial charge in [-0.3, -0.25) is 0 Å². The molecule has 1 spiro atoms. The van der Waals surface area contributed by atoms with Crippen LogP contribution in [0.2, 0.25) is 5.02 Å². The molecular weight excluding hydrogens is 358 g/mol. The Bertz CT molecular complexity index is 920. The van der Waals surface area contributed by atoms with Crippen LogP contribution in [-0.4, -0.2) is 21.5 Å². The van der Waals surface area contributed by atoms with Crippen molar-refractivity contribution in [2.45, 2.75) is 35.7 Å². The molecule has 4 rings (SSSR count). The quantitative estimate of drug-likeness (QED) is 0.866. The van der Waals surface area contributed by atoms with Gasteiger partial charge in [0.1, 0.15) is 0 Å². The van der Waals surface area contributed by atoms with E-state index in [1.54, 1.807) is 25.1 Å². The molecule has 0 aromatic heterocycles. The van der Waals surface area contributed by atoms with Crippen LogP contribution >= 0.6 is 11.6 Å². The van der Waals surface area contributed by atoms with Crippen molar-refractivity contribution in [1.82, 2.24) is 5.32 Å². The zero-order valence-corrected chi connectivity index (χ0v) is 15.5. The van der Waals surface area contributed by atoms with E-state index >= 15 is 0 Å². The molecule has 2 heterocycles. The van der Waals surface area contributed by atoms with Gasteiger partial charge in [0.25, 0.3) is 0 Å². The first-order valence-corrected chi connectivity index (χ1v) is 10.4. The van der Waals surface area contributed by atoms with Crippen molar-refractivity contribution in [3.63, 3.8) is 0 Å².